The van der Waals surface area contributed by atoms with Crippen molar-refractivity contribution in [3.63, 3.8) is 0 Å². The molecule has 0 atom stereocenters. The maximum absolute atomic E-state index is 13.5. The molecule has 6 saturated carbocycles. The first-order valence-electron chi connectivity index (χ1n) is 15.0. The minimum atomic E-state index is -4.34. The zero-order chi connectivity index (χ0) is 27.1. The van der Waals surface area contributed by atoms with E-state index in [1.165, 1.54) is 12.8 Å². The van der Waals surface area contributed by atoms with Crippen LogP contribution in [0.2, 0.25) is 0 Å². The summed E-state index contributed by atoms with van der Waals surface area (Å²) in [6.45, 7) is 3.25. The molecule has 0 aromatic carbocycles. The van der Waals surface area contributed by atoms with E-state index in [2.05, 4.69) is 20.4 Å². The maximum atomic E-state index is 13.5. The minimum Gasteiger partial charge on any atom is -0.424 e. The van der Waals surface area contributed by atoms with Crippen LogP contribution < -0.4 is 0 Å². The number of aromatic nitrogens is 5. The van der Waals surface area contributed by atoms with Crippen LogP contribution in [0.4, 0.5) is 18.0 Å². The van der Waals surface area contributed by atoms with Crippen molar-refractivity contribution in [1.82, 2.24) is 35.2 Å². The van der Waals surface area contributed by atoms with Gasteiger partial charge in [0, 0.05) is 43.4 Å². The third kappa shape index (κ3) is 3.19. The van der Waals surface area contributed by atoms with E-state index in [0.29, 0.717) is 23.6 Å². The number of carbonyl (C=O) groups excluding carboxylic acids is 1. The maximum Gasteiger partial charge on any atom is 0.403 e. The SMILES string of the molecule is O=C(N1CCC(C23CC(c4nnc(C5(C(F)(F)F)CC5)o4)(C2)C3)CC1)N1CC2(CC(c3n[nH]c(C4CC4)n3)C2)C1. The number of rotatable bonds is 5. The van der Waals surface area contributed by atoms with Crippen LogP contribution in [0.25, 0.3) is 0 Å². The number of hydrogen-bond acceptors (Lipinski definition) is 6. The van der Waals surface area contributed by atoms with Gasteiger partial charge in [0.1, 0.15) is 11.2 Å². The normalized spacial score (nSPS) is 34.2. The van der Waals surface area contributed by atoms with Gasteiger partial charge in [0.05, 0.1) is 5.41 Å². The fourth-order valence-corrected chi connectivity index (χ4v) is 9.12. The summed E-state index contributed by atoms with van der Waals surface area (Å²) < 4.78 is 46.1. The number of H-pyrrole nitrogens is 1. The number of likely N-dealkylation sites (tertiary alicyclic amines) is 2. The van der Waals surface area contributed by atoms with Crippen molar-refractivity contribution in [3.8, 4) is 0 Å². The van der Waals surface area contributed by atoms with Gasteiger partial charge in [0.25, 0.3) is 0 Å². The van der Waals surface area contributed by atoms with Crippen LogP contribution in [0.15, 0.2) is 4.42 Å². The Kier molecular flexibility index (Phi) is 4.43. The summed E-state index contributed by atoms with van der Waals surface area (Å²) >= 11 is 0. The zero-order valence-corrected chi connectivity index (χ0v) is 22.5. The number of amides is 2. The number of halogens is 3. The number of nitrogens with one attached hydrogen (secondary N) is 1. The van der Waals surface area contributed by atoms with Gasteiger partial charge in [0.2, 0.25) is 11.8 Å². The van der Waals surface area contributed by atoms with Crippen LogP contribution in [0.5, 0.6) is 0 Å². The predicted molar refractivity (Wildman–Crippen MR) is 133 cm³/mol. The standard InChI is InChI=1S/C28H34F3N7O2/c29-28(30,31)27(5-6-27)22-36-35-21(40-22)26-11-25(12-26,13-26)18-3-7-37(8-4-18)23(39)38-14-24(15-38)9-17(10-24)20-32-19(33-34-20)16-1-2-16/h16-18H,1-15H2,(H,32,33,34). The van der Waals surface area contributed by atoms with Crippen molar-refractivity contribution < 1.29 is 22.4 Å². The highest BCUT2D eigenvalue weighted by molar-refractivity contribution is 5.75. The number of piperidine rings is 1. The molecule has 1 N–H and O–H groups in total. The molecule has 10 rings (SSSR count). The highest BCUT2D eigenvalue weighted by Gasteiger charge is 2.74. The van der Waals surface area contributed by atoms with E-state index in [1.54, 1.807) is 0 Å². The van der Waals surface area contributed by atoms with Gasteiger partial charge in [-0.1, -0.05) is 0 Å². The predicted octanol–water partition coefficient (Wildman–Crippen LogP) is 4.79. The lowest BCUT2D eigenvalue weighted by Crippen LogP contribution is -2.69. The number of carbonyl (C=O) groups is 1. The van der Waals surface area contributed by atoms with E-state index >= 15 is 0 Å². The van der Waals surface area contributed by atoms with E-state index < -0.39 is 11.6 Å². The lowest BCUT2D eigenvalue weighted by Gasteiger charge is -2.72. The summed E-state index contributed by atoms with van der Waals surface area (Å²) in [6, 6.07) is 0.174. The van der Waals surface area contributed by atoms with Crippen LogP contribution in [-0.2, 0) is 10.8 Å². The Hall–Kier alpha value is -2.66. The molecular formula is C28H34F3N7O2. The van der Waals surface area contributed by atoms with Crippen molar-refractivity contribution in [3.05, 3.63) is 23.4 Å². The lowest BCUT2D eigenvalue weighted by atomic mass is 9.31. The summed E-state index contributed by atoms with van der Waals surface area (Å²) in [5, 5.41) is 15.5. The second kappa shape index (κ2) is 7.40. The molecule has 2 bridgehead atoms. The number of alkyl halides is 3. The van der Waals surface area contributed by atoms with Crippen molar-refractivity contribution in [1.29, 1.82) is 0 Å². The van der Waals surface area contributed by atoms with E-state index in [1.807, 2.05) is 9.80 Å². The third-order valence-corrected chi connectivity index (χ3v) is 11.8. The lowest BCUT2D eigenvalue weighted by molar-refractivity contribution is -0.201. The molecule has 2 saturated heterocycles. The molecule has 9 nitrogen and oxygen atoms in total. The van der Waals surface area contributed by atoms with E-state index in [-0.39, 0.29) is 41.0 Å². The molecule has 2 aromatic heterocycles. The van der Waals surface area contributed by atoms with Gasteiger partial charge in [-0.3, -0.25) is 5.10 Å². The number of aromatic amines is 1. The van der Waals surface area contributed by atoms with Gasteiger partial charge in [0.15, 0.2) is 5.82 Å². The summed E-state index contributed by atoms with van der Waals surface area (Å²) in [5.41, 5.74) is -1.65. The molecule has 214 valence electrons. The molecule has 0 unspecified atom stereocenters. The number of hydrogen-bond donors (Lipinski definition) is 1. The average Bonchev–Trinajstić information content (AvgIpc) is 3.74. The second-order valence-electron chi connectivity index (χ2n) is 14.5. The summed E-state index contributed by atoms with van der Waals surface area (Å²) in [4.78, 5) is 22.0. The Bertz CT molecular complexity index is 1350. The molecule has 1 spiro atoms. The first-order valence-corrected chi connectivity index (χ1v) is 15.0. The van der Waals surface area contributed by atoms with E-state index in [4.69, 9.17) is 9.40 Å². The van der Waals surface area contributed by atoms with E-state index in [0.717, 1.165) is 82.8 Å². The van der Waals surface area contributed by atoms with Gasteiger partial charge in [-0.05, 0) is 82.0 Å². The Balaban J connectivity index is 0.751. The first kappa shape index (κ1) is 24.0. The molecule has 2 amide bonds. The highest BCUT2D eigenvalue weighted by atomic mass is 19.4. The smallest absolute Gasteiger partial charge is 0.403 e. The summed E-state index contributed by atoms with van der Waals surface area (Å²) in [5.74, 6) is 3.73. The second-order valence-corrected chi connectivity index (χ2v) is 14.5. The third-order valence-electron chi connectivity index (χ3n) is 11.8. The summed E-state index contributed by atoms with van der Waals surface area (Å²) in [7, 11) is 0. The first-order chi connectivity index (χ1) is 19.1. The summed E-state index contributed by atoms with van der Waals surface area (Å²) in [6.07, 6.45) is 5.05. The van der Waals surface area contributed by atoms with Crippen molar-refractivity contribution in [2.24, 2.45) is 16.7 Å². The monoisotopic (exact) mass is 557 g/mol. The largest absolute Gasteiger partial charge is 0.424 e. The fourth-order valence-electron chi connectivity index (χ4n) is 9.12. The average molecular weight is 558 g/mol. The Morgan fingerprint density at radius 2 is 1.60 bits per heavy atom. The van der Waals surface area contributed by atoms with Gasteiger partial charge >= 0.3 is 12.2 Å². The Labute approximate surface area is 229 Å². The van der Waals surface area contributed by atoms with Gasteiger partial charge in [-0.2, -0.15) is 18.3 Å². The molecule has 2 aromatic rings. The Morgan fingerprint density at radius 1 is 0.925 bits per heavy atom. The van der Waals surface area contributed by atoms with Crippen LogP contribution in [0, 0.1) is 16.7 Å². The topological polar surface area (TPSA) is 104 Å². The zero-order valence-electron chi connectivity index (χ0n) is 22.5. The molecule has 6 aliphatic carbocycles. The molecular weight excluding hydrogens is 523 g/mol. The molecule has 12 heteroatoms. The molecule has 4 heterocycles. The fraction of sp³-hybridized carbons (Fsp3) is 0.821. The van der Waals surface area contributed by atoms with Gasteiger partial charge < -0.3 is 14.2 Å². The van der Waals surface area contributed by atoms with Gasteiger partial charge in [-0.15, -0.1) is 10.2 Å². The number of nitrogens with zero attached hydrogens (tertiary/aromatic N) is 6. The van der Waals surface area contributed by atoms with Crippen LogP contribution in [-0.4, -0.2) is 73.6 Å². The molecule has 40 heavy (non-hydrogen) atoms. The molecule has 0 radical (unpaired) electrons. The van der Waals surface area contributed by atoms with Crippen molar-refractivity contribution in [2.75, 3.05) is 26.2 Å². The molecule has 8 aliphatic rings. The minimum absolute atomic E-state index is 0.0367. The van der Waals surface area contributed by atoms with Gasteiger partial charge in [-0.25, -0.2) is 9.78 Å². The van der Waals surface area contributed by atoms with Crippen LogP contribution in [0.1, 0.15) is 106 Å². The van der Waals surface area contributed by atoms with Crippen LogP contribution in [0.3, 0.4) is 0 Å². The van der Waals surface area contributed by atoms with E-state index in [9.17, 15) is 18.0 Å². The van der Waals surface area contributed by atoms with Crippen molar-refractivity contribution in [2.45, 2.75) is 99.5 Å². The molecule has 8 fully saturated rings. The number of urea groups is 1. The Morgan fingerprint density at radius 3 is 2.23 bits per heavy atom. The van der Waals surface area contributed by atoms with Crippen LogP contribution >= 0.6 is 0 Å². The quantitative estimate of drug-likeness (QED) is 0.567. The van der Waals surface area contributed by atoms with Crippen molar-refractivity contribution >= 4 is 6.03 Å². The molecule has 2 aliphatic heterocycles. The highest BCUT2D eigenvalue weighted by Crippen LogP contribution is 2.77.